The van der Waals surface area contributed by atoms with E-state index in [2.05, 4.69) is 85.6 Å². The van der Waals surface area contributed by atoms with Crippen LogP contribution in [0.15, 0.2) is 91.0 Å². The standard InChI is InChI=1S/C39H45NO4/c1-5-28-13-16-31-17-18-33-27-32(30-11-9-8-10-12-30)19-22-35(33)38(36(31)25-28)40(4)23-24-44-34-20-14-29(15-21-34)26-37(42-6-2)39(41)43-7-3/h8-16,19-22,25,27,37-38H,5-7,17-18,23-24,26H2,1-4H3. The van der Waals surface area contributed by atoms with Crippen molar-refractivity contribution in [3.63, 3.8) is 0 Å². The number of carbonyl (C=O) groups is 1. The molecule has 4 aromatic rings. The fourth-order valence-corrected chi connectivity index (χ4v) is 6.18. The predicted octanol–water partition coefficient (Wildman–Crippen LogP) is 7.63. The molecule has 1 aliphatic rings. The third kappa shape index (κ3) is 7.58. The van der Waals surface area contributed by atoms with E-state index in [0.29, 0.717) is 26.2 Å². The smallest absolute Gasteiger partial charge is 0.335 e. The lowest BCUT2D eigenvalue weighted by molar-refractivity contribution is -0.156. The Balaban J connectivity index is 1.31. The molecule has 230 valence electrons. The maximum absolute atomic E-state index is 12.3. The van der Waals surface area contributed by atoms with Gasteiger partial charge in [-0.2, -0.15) is 0 Å². The summed E-state index contributed by atoms with van der Waals surface area (Å²) < 4.78 is 17.0. The molecular formula is C39H45NO4. The molecule has 0 radical (unpaired) electrons. The molecule has 0 fully saturated rings. The fourth-order valence-electron chi connectivity index (χ4n) is 6.18. The molecule has 5 nitrogen and oxygen atoms in total. The Bertz CT molecular complexity index is 1520. The number of ether oxygens (including phenoxy) is 3. The molecule has 0 heterocycles. The van der Waals surface area contributed by atoms with E-state index in [1.165, 1.54) is 38.9 Å². The number of carbonyl (C=O) groups excluding carboxylic acids is 1. The minimum atomic E-state index is -0.595. The minimum Gasteiger partial charge on any atom is -0.492 e. The van der Waals surface area contributed by atoms with Crippen LogP contribution in [0.25, 0.3) is 11.1 Å². The van der Waals surface area contributed by atoms with Crippen LogP contribution in [0.1, 0.15) is 60.2 Å². The molecule has 5 rings (SSSR count). The van der Waals surface area contributed by atoms with E-state index in [1.54, 1.807) is 0 Å². The molecule has 2 unspecified atom stereocenters. The fraction of sp³-hybridized carbons (Fsp3) is 0.359. The average molecular weight is 592 g/mol. The Morgan fingerprint density at radius 2 is 1.55 bits per heavy atom. The van der Waals surface area contributed by atoms with Crippen LogP contribution < -0.4 is 4.74 Å². The summed E-state index contributed by atoms with van der Waals surface area (Å²) in [5.41, 5.74) is 10.5. The Morgan fingerprint density at radius 1 is 0.795 bits per heavy atom. The van der Waals surface area contributed by atoms with Crippen molar-refractivity contribution >= 4 is 5.97 Å². The van der Waals surface area contributed by atoms with Crippen molar-refractivity contribution in [2.45, 2.75) is 58.6 Å². The number of esters is 1. The summed E-state index contributed by atoms with van der Waals surface area (Å²) in [6, 6.07) is 32.8. The van der Waals surface area contributed by atoms with Gasteiger partial charge in [0.1, 0.15) is 12.4 Å². The van der Waals surface area contributed by atoms with Crippen molar-refractivity contribution in [3.8, 4) is 16.9 Å². The van der Waals surface area contributed by atoms with Gasteiger partial charge in [0.15, 0.2) is 6.10 Å². The second-order valence-electron chi connectivity index (χ2n) is 11.4. The number of nitrogens with zero attached hydrogens (tertiary/aromatic N) is 1. The van der Waals surface area contributed by atoms with Crippen LogP contribution >= 0.6 is 0 Å². The Hall–Kier alpha value is -3.93. The zero-order valence-electron chi connectivity index (χ0n) is 26.6. The van der Waals surface area contributed by atoms with Crippen molar-refractivity contribution in [1.29, 1.82) is 0 Å². The highest BCUT2D eigenvalue weighted by molar-refractivity contribution is 5.75. The van der Waals surface area contributed by atoms with E-state index in [4.69, 9.17) is 14.2 Å². The molecule has 44 heavy (non-hydrogen) atoms. The predicted molar refractivity (Wildman–Crippen MR) is 177 cm³/mol. The van der Waals surface area contributed by atoms with Gasteiger partial charge in [0, 0.05) is 19.6 Å². The third-order valence-corrected chi connectivity index (χ3v) is 8.54. The lowest BCUT2D eigenvalue weighted by Crippen LogP contribution is -2.30. The Labute approximate surface area is 262 Å². The van der Waals surface area contributed by atoms with Crippen LogP contribution in [-0.2, 0) is 40.0 Å². The van der Waals surface area contributed by atoms with Crippen LogP contribution in [0.3, 0.4) is 0 Å². The van der Waals surface area contributed by atoms with Crippen LogP contribution in [0.4, 0.5) is 0 Å². The van der Waals surface area contributed by atoms with Crippen molar-refractivity contribution in [2.75, 3.05) is 33.4 Å². The molecular weight excluding hydrogens is 546 g/mol. The third-order valence-electron chi connectivity index (χ3n) is 8.54. The first-order valence-corrected chi connectivity index (χ1v) is 16.0. The quantitative estimate of drug-likeness (QED) is 0.150. The van der Waals surface area contributed by atoms with Gasteiger partial charge in [0.25, 0.3) is 0 Å². The van der Waals surface area contributed by atoms with E-state index in [0.717, 1.165) is 37.1 Å². The van der Waals surface area contributed by atoms with Gasteiger partial charge < -0.3 is 14.2 Å². The van der Waals surface area contributed by atoms with Crippen molar-refractivity contribution in [2.24, 2.45) is 0 Å². The molecule has 0 spiro atoms. The number of hydrogen-bond acceptors (Lipinski definition) is 5. The van der Waals surface area contributed by atoms with E-state index >= 15 is 0 Å². The number of fused-ring (bicyclic) bond motifs is 2. The highest BCUT2D eigenvalue weighted by Crippen LogP contribution is 2.38. The number of likely N-dealkylation sites (N-methyl/N-ethyl adjacent to an activating group) is 1. The summed E-state index contributed by atoms with van der Waals surface area (Å²) in [5, 5.41) is 0. The lowest BCUT2D eigenvalue weighted by Gasteiger charge is -2.31. The van der Waals surface area contributed by atoms with Gasteiger partial charge in [0.2, 0.25) is 0 Å². The number of benzene rings is 4. The highest BCUT2D eigenvalue weighted by Gasteiger charge is 2.28. The summed E-state index contributed by atoms with van der Waals surface area (Å²) in [5.74, 6) is 0.496. The Morgan fingerprint density at radius 3 is 2.27 bits per heavy atom. The van der Waals surface area contributed by atoms with Crippen molar-refractivity contribution < 1.29 is 19.0 Å². The van der Waals surface area contributed by atoms with Gasteiger partial charge in [-0.05, 0) is 96.8 Å². The molecule has 1 aliphatic carbocycles. The normalized spacial score (nSPS) is 14.8. The van der Waals surface area contributed by atoms with Crippen LogP contribution in [0, 0.1) is 0 Å². The first-order valence-electron chi connectivity index (χ1n) is 16.0. The van der Waals surface area contributed by atoms with Crippen LogP contribution in [0.5, 0.6) is 5.75 Å². The topological polar surface area (TPSA) is 48.0 Å². The van der Waals surface area contributed by atoms with E-state index in [1.807, 2.05) is 38.1 Å². The van der Waals surface area contributed by atoms with Crippen LogP contribution in [0.2, 0.25) is 0 Å². The molecule has 0 N–H and O–H groups in total. The van der Waals surface area contributed by atoms with E-state index < -0.39 is 6.10 Å². The maximum Gasteiger partial charge on any atom is 0.335 e. The molecule has 0 saturated carbocycles. The van der Waals surface area contributed by atoms with Gasteiger partial charge in [-0.3, -0.25) is 4.90 Å². The first-order chi connectivity index (χ1) is 21.5. The zero-order valence-corrected chi connectivity index (χ0v) is 26.6. The Kier molecular flexibility index (Phi) is 10.9. The van der Waals surface area contributed by atoms with Gasteiger partial charge in [-0.15, -0.1) is 0 Å². The molecule has 4 aromatic carbocycles. The van der Waals surface area contributed by atoms with E-state index in [-0.39, 0.29) is 12.0 Å². The minimum absolute atomic E-state index is 0.156. The van der Waals surface area contributed by atoms with Gasteiger partial charge >= 0.3 is 5.97 Å². The summed E-state index contributed by atoms with van der Waals surface area (Å²) in [6.07, 6.45) is 2.97. The van der Waals surface area contributed by atoms with Gasteiger partial charge in [0.05, 0.1) is 12.6 Å². The van der Waals surface area contributed by atoms with Crippen molar-refractivity contribution in [1.82, 2.24) is 4.90 Å². The summed E-state index contributed by atoms with van der Waals surface area (Å²) in [4.78, 5) is 14.7. The molecule has 2 atom stereocenters. The zero-order chi connectivity index (χ0) is 30.9. The highest BCUT2D eigenvalue weighted by atomic mass is 16.6. The summed E-state index contributed by atoms with van der Waals surface area (Å²) >= 11 is 0. The first kappa shape index (κ1) is 31.5. The number of hydrogen-bond donors (Lipinski definition) is 0. The summed E-state index contributed by atoms with van der Waals surface area (Å²) in [7, 11) is 2.21. The second-order valence-corrected chi connectivity index (χ2v) is 11.4. The average Bonchev–Trinajstić information content (AvgIpc) is 3.21. The summed E-state index contributed by atoms with van der Waals surface area (Å²) in [6.45, 7) is 8.07. The molecule has 0 bridgehead atoms. The lowest BCUT2D eigenvalue weighted by atomic mass is 9.90. The molecule has 0 aromatic heterocycles. The number of rotatable bonds is 13. The van der Waals surface area contributed by atoms with Gasteiger partial charge in [-0.25, -0.2) is 4.79 Å². The SMILES string of the molecule is CCOC(=O)C(Cc1ccc(OCCN(C)C2c3ccc(-c4ccccc4)cc3CCc3ccc(CC)cc32)cc1)OCC. The van der Waals surface area contributed by atoms with Gasteiger partial charge in [-0.1, -0.05) is 85.8 Å². The largest absolute Gasteiger partial charge is 0.492 e. The monoisotopic (exact) mass is 591 g/mol. The van der Waals surface area contributed by atoms with Crippen LogP contribution in [-0.4, -0.2) is 50.4 Å². The molecule has 0 aliphatic heterocycles. The number of aryl methyl sites for hydroxylation is 3. The maximum atomic E-state index is 12.3. The molecule has 5 heteroatoms. The molecule has 0 amide bonds. The van der Waals surface area contributed by atoms with E-state index in [9.17, 15) is 4.79 Å². The molecule has 0 saturated heterocycles. The second kappa shape index (κ2) is 15.2. The van der Waals surface area contributed by atoms with Crippen molar-refractivity contribution in [3.05, 3.63) is 124 Å².